The van der Waals surface area contributed by atoms with Crippen LogP contribution >= 0.6 is 0 Å². The molecule has 0 amide bonds. The fourth-order valence-electron chi connectivity index (χ4n) is 0.0680. The van der Waals surface area contributed by atoms with E-state index in [0.717, 1.165) is 0 Å². The Hall–Kier alpha value is 0.662. The second-order valence-corrected chi connectivity index (χ2v) is 2.86. The minimum atomic E-state index is -5.31. The van der Waals surface area contributed by atoms with Crippen LogP contribution in [0, 0.1) is 0 Å². The zero-order chi connectivity index (χ0) is 8.41. The average Bonchev–Trinajstić information content (AvgIpc) is 1.57. The Labute approximate surface area is 82.5 Å². The predicted octanol–water partition coefficient (Wildman–Crippen LogP) is -2.53. The fraction of sp³-hybridized carbons (Fsp3) is 0. The third kappa shape index (κ3) is 13.6. The molecule has 0 aliphatic carbocycles. The second kappa shape index (κ2) is 4.63. The van der Waals surface area contributed by atoms with Gasteiger partial charge in [0, 0.05) is 0 Å². The molecule has 2 radical (unpaired) electrons. The molecule has 0 rings (SSSR count). The van der Waals surface area contributed by atoms with E-state index in [9.17, 15) is 25.9 Å². The Morgan fingerprint density at radius 3 is 1.09 bits per heavy atom. The van der Waals surface area contributed by atoms with Crippen LogP contribution in [0.3, 0.4) is 0 Å². The van der Waals surface area contributed by atoms with Crippen LogP contribution in [-0.4, -0.2) is 53.2 Å². The molecular formula is O8PbS2. The molecule has 11 heteroatoms. The first-order chi connectivity index (χ1) is 4.21. The summed E-state index contributed by atoms with van der Waals surface area (Å²) in [5.41, 5.74) is 0. The molecule has 0 spiro atoms. The van der Waals surface area contributed by atoms with Crippen LogP contribution in [0.2, 0.25) is 0 Å². The zero-order valence-corrected chi connectivity index (χ0v) is 10.1. The Bertz CT molecular complexity index is 248. The molecule has 0 N–H and O–H groups in total. The molecule has 0 saturated carbocycles. The van der Waals surface area contributed by atoms with E-state index >= 15 is 0 Å². The Kier molecular flexibility index (Phi) is 5.98. The van der Waals surface area contributed by atoms with Crippen LogP contribution in [0.1, 0.15) is 0 Å². The summed E-state index contributed by atoms with van der Waals surface area (Å²) in [6.45, 7) is 0. The smallest absolute Gasteiger partial charge is 0.724 e. The van der Waals surface area contributed by atoms with Gasteiger partial charge in [0.05, 0.1) is 0 Å². The molecule has 8 nitrogen and oxygen atoms in total. The monoisotopic (exact) mass is 400 g/mol. The molecule has 0 heterocycles. The van der Waals surface area contributed by atoms with Crippen molar-refractivity contribution in [2.75, 3.05) is 0 Å². The van der Waals surface area contributed by atoms with Gasteiger partial charge in [-0.15, -0.1) is 8.67 Å². The predicted molar refractivity (Wildman–Crippen MR) is 27.3 cm³/mol. The van der Waals surface area contributed by atoms with Crippen molar-refractivity contribution in [1.82, 2.24) is 0 Å². The molecule has 0 aromatic rings. The van der Waals surface area contributed by atoms with E-state index in [1.165, 1.54) is 0 Å². The van der Waals surface area contributed by atoms with Gasteiger partial charge in [-0.1, -0.05) is 0 Å². The Morgan fingerprint density at radius 1 is 0.818 bits per heavy atom. The molecule has 64 valence electrons. The molecule has 0 bridgehead atoms. The minimum Gasteiger partial charge on any atom is -0.724 e. The summed E-state index contributed by atoms with van der Waals surface area (Å²) < 4.78 is 61.5. The molecule has 0 saturated heterocycles. The first-order valence-electron chi connectivity index (χ1n) is 1.50. The normalized spacial score (nSPS) is 12.2. The van der Waals surface area contributed by atoms with Crippen molar-refractivity contribution < 1.29 is 34.6 Å². The quantitative estimate of drug-likeness (QED) is 0.167. The van der Waals surface area contributed by atoms with Crippen LogP contribution in [0.25, 0.3) is 0 Å². The van der Waals surface area contributed by atoms with Gasteiger partial charge in [-0.05, 0) is 0 Å². The fourth-order valence-corrected chi connectivity index (χ4v) is 0.612. The first-order valence-corrected chi connectivity index (χ1v) is 4.17. The number of rotatable bonds is 3. The Morgan fingerprint density at radius 2 is 1.00 bits per heavy atom. The van der Waals surface area contributed by atoms with Gasteiger partial charge in [0.2, 0.25) is 20.8 Å². The Balaban J connectivity index is 0. The van der Waals surface area contributed by atoms with Crippen molar-refractivity contribution in [3.05, 3.63) is 0 Å². The summed E-state index contributed by atoms with van der Waals surface area (Å²) in [4.78, 5) is 0. The minimum absolute atomic E-state index is 0. The SMILES string of the molecule is O=S(=O)([O-])OOS(=O)(=O)[O-].[Pb+2]. The molecule has 0 aliphatic rings. The van der Waals surface area contributed by atoms with E-state index < -0.39 is 20.8 Å². The maximum atomic E-state index is 9.37. The molecular weight excluding hydrogens is 399 g/mol. The van der Waals surface area contributed by atoms with Gasteiger partial charge in [-0.3, -0.25) is 0 Å². The number of hydrogen-bond donors (Lipinski definition) is 0. The van der Waals surface area contributed by atoms with Crippen molar-refractivity contribution in [1.29, 1.82) is 0 Å². The summed E-state index contributed by atoms with van der Waals surface area (Å²) >= 11 is 0. The third-order valence-electron chi connectivity index (χ3n) is 0.194. The van der Waals surface area contributed by atoms with Gasteiger partial charge < -0.3 is 9.11 Å². The van der Waals surface area contributed by atoms with Crippen LogP contribution < -0.4 is 0 Å². The molecule has 11 heavy (non-hydrogen) atoms. The first kappa shape index (κ1) is 14.2. The molecule has 0 atom stereocenters. The molecule has 0 aromatic heterocycles. The standard InChI is InChI=1S/H2O8S2.Pb/c1-9(2,3)7-8-10(4,5)6;/h(H,1,2,3)(H,4,5,6);/q;+2/p-2. The van der Waals surface area contributed by atoms with Gasteiger partial charge in [0.15, 0.2) is 0 Å². The number of hydrogen-bond acceptors (Lipinski definition) is 8. The third-order valence-corrected chi connectivity index (χ3v) is 0.750. The van der Waals surface area contributed by atoms with Gasteiger partial charge in [0.25, 0.3) is 0 Å². The van der Waals surface area contributed by atoms with Crippen molar-refractivity contribution in [2.24, 2.45) is 0 Å². The second-order valence-electron chi connectivity index (χ2n) is 0.953. The van der Waals surface area contributed by atoms with Gasteiger partial charge in [0.1, 0.15) is 0 Å². The largest absolute Gasteiger partial charge is 2.00 e. The van der Waals surface area contributed by atoms with E-state index in [1.807, 2.05) is 0 Å². The molecule has 0 aliphatic heterocycles. The maximum absolute atomic E-state index is 9.37. The van der Waals surface area contributed by atoms with E-state index in [4.69, 9.17) is 0 Å². The van der Waals surface area contributed by atoms with Crippen molar-refractivity contribution in [2.45, 2.75) is 0 Å². The van der Waals surface area contributed by atoms with E-state index in [-0.39, 0.29) is 27.3 Å². The van der Waals surface area contributed by atoms with Gasteiger partial charge in [-0.25, -0.2) is 16.8 Å². The zero-order valence-electron chi connectivity index (χ0n) is 4.58. The van der Waals surface area contributed by atoms with Crippen molar-refractivity contribution in [3.8, 4) is 0 Å². The van der Waals surface area contributed by atoms with Crippen molar-refractivity contribution >= 4 is 48.1 Å². The van der Waals surface area contributed by atoms with Gasteiger partial charge in [-0.2, -0.15) is 0 Å². The molecule has 0 unspecified atom stereocenters. The van der Waals surface area contributed by atoms with E-state index in [1.54, 1.807) is 0 Å². The van der Waals surface area contributed by atoms with Crippen molar-refractivity contribution in [3.63, 3.8) is 0 Å². The molecule has 0 fully saturated rings. The molecule has 0 aromatic carbocycles. The van der Waals surface area contributed by atoms with Crippen LogP contribution in [-0.2, 0) is 29.5 Å². The van der Waals surface area contributed by atoms with Crippen LogP contribution in [0.15, 0.2) is 0 Å². The van der Waals surface area contributed by atoms with Gasteiger partial charge >= 0.3 is 27.3 Å². The van der Waals surface area contributed by atoms with Crippen LogP contribution in [0.5, 0.6) is 0 Å². The summed E-state index contributed by atoms with van der Waals surface area (Å²) in [6.07, 6.45) is 0. The summed E-state index contributed by atoms with van der Waals surface area (Å²) in [5.74, 6) is 0. The van der Waals surface area contributed by atoms with E-state index in [0.29, 0.717) is 0 Å². The van der Waals surface area contributed by atoms with E-state index in [2.05, 4.69) is 8.67 Å². The summed E-state index contributed by atoms with van der Waals surface area (Å²) in [7, 11) is -10.6. The topological polar surface area (TPSA) is 133 Å². The maximum Gasteiger partial charge on any atom is 2.00 e. The summed E-state index contributed by atoms with van der Waals surface area (Å²) in [6, 6.07) is 0. The van der Waals surface area contributed by atoms with Crippen LogP contribution in [0.4, 0.5) is 0 Å². The summed E-state index contributed by atoms with van der Waals surface area (Å²) in [5, 5.41) is 0. The average molecular weight is 399 g/mol.